The number of carboxylic acid groups (broad SMARTS) is 1. The molecule has 0 aliphatic carbocycles. The van der Waals surface area contributed by atoms with Crippen LogP contribution in [0, 0.1) is 11.8 Å². The van der Waals surface area contributed by atoms with Crippen molar-refractivity contribution in [2.45, 2.75) is 45.3 Å². The van der Waals surface area contributed by atoms with Gasteiger partial charge in [-0.05, 0) is 25.7 Å². The average Bonchev–Trinajstić information content (AvgIpc) is 2.98. The number of nitrogens with one attached hydrogen (secondary N) is 1. The highest BCUT2D eigenvalue weighted by molar-refractivity contribution is 5.96. The van der Waals surface area contributed by atoms with E-state index < -0.39 is 36.1 Å². The fourth-order valence-corrected chi connectivity index (χ4v) is 3.83. The molecule has 0 spiro atoms. The molecule has 2 heterocycles. The van der Waals surface area contributed by atoms with Crippen LogP contribution >= 0.6 is 0 Å². The molecule has 0 radical (unpaired) electrons. The zero-order chi connectivity index (χ0) is 29.8. The highest BCUT2D eigenvalue weighted by Gasteiger charge is 2.31. The fraction of sp³-hybridized carbons (Fsp3) is 0.429. The largest absolute Gasteiger partial charge is 0.527 e. The Labute approximate surface area is 237 Å². The SMILES string of the molecule is CCOC(=O)ON1CCN(C(=O)C(CCC(=O)O)NC(=O)c2cc(C#C[C@@H](O)CC)nc(-c3ccccc3)n2)CC1. The molecule has 1 unspecified atom stereocenters. The number of aliphatic carboxylic acids is 1. The van der Waals surface area contributed by atoms with Crippen LogP contribution in [0.3, 0.4) is 0 Å². The highest BCUT2D eigenvalue weighted by atomic mass is 16.8. The topological polar surface area (TPSA) is 171 Å². The number of piperazine rings is 1. The van der Waals surface area contributed by atoms with Crippen molar-refractivity contribution in [1.29, 1.82) is 0 Å². The third kappa shape index (κ3) is 9.55. The first kappa shape index (κ1) is 31.0. The Morgan fingerprint density at radius 1 is 1.07 bits per heavy atom. The van der Waals surface area contributed by atoms with Gasteiger partial charge in [0.1, 0.15) is 23.5 Å². The van der Waals surface area contributed by atoms with E-state index in [9.17, 15) is 29.4 Å². The number of amides is 2. The number of ether oxygens (including phenoxy) is 1. The van der Waals surface area contributed by atoms with Crippen LogP contribution in [-0.4, -0.2) is 99.0 Å². The summed E-state index contributed by atoms with van der Waals surface area (Å²) >= 11 is 0. The number of rotatable bonds is 10. The summed E-state index contributed by atoms with van der Waals surface area (Å²) in [5, 5.41) is 23.1. The number of hydrogen-bond donors (Lipinski definition) is 3. The second kappa shape index (κ2) is 15.3. The molecular weight excluding hydrogens is 534 g/mol. The Kier molecular flexibility index (Phi) is 11.6. The quantitative estimate of drug-likeness (QED) is 0.280. The Morgan fingerprint density at radius 3 is 2.41 bits per heavy atom. The molecule has 0 saturated carbocycles. The third-order valence-corrected chi connectivity index (χ3v) is 6.01. The number of aliphatic hydroxyl groups is 1. The Hall–Kier alpha value is -4.54. The first-order valence-corrected chi connectivity index (χ1v) is 13.2. The molecule has 2 aromatic rings. The van der Waals surface area contributed by atoms with Gasteiger partial charge in [0.25, 0.3) is 5.91 Å². The van der Waals surface area contributed by atoms with Crippen molar-refractivity contribution in [2.75, 3.05) is 32.8 Å². The van der Waals surface area contributed by atoms with Gasteiger partial charge in [0.05, 0.1) is 19.7 Å². The van der Waals surface area contributed by atoms with E-state index in [1.165, 1.54) is 16.0 Å². The summed E-state index contributed by atoms with van der Waals surface area (Å²) in [6, 6.07) is 9.12. The molecule has 41 heavy (non-hydrogen) atoms. The Morgan fingerprint density at radius 2 is 1.78 bits per heavy atom. The summed E-state index contributed by atoms with van der Waals surface area (Å²) < 4.78 is 4.76. The summed E-state index contributed by atoms with van der Waals surface area (Å²) in [7, 11) is 0. The fourth-order valence-electron chi connectivity index (χ4n) is 3.83. The first-order chi connectivity index (χ1) is 19.7. The van der Waals surface area contributed by atoms with Gasteiger partial charge in [-0.15, -0.1) is 5.06 Å². The minimum Gasteiger partial charge on any atom is -0.481 e. The van der Waals surface area contributed by atoms with Crippen LogP contribution in [0.5, 0.6) is 0 Å². The van der Waals surface area contributed by atoms with Crippen molar-refractivity contribution in [2.24, 2.45) is 0 Å². The summed E-state index contributed by atoms with van der Waals surface area (Å²) in [4.78, 5) is 64.9. The van der Waals surface area contributed by atoms with E-state index in [1.807, 2.05) is 6.07 Å². The first-order valence-electron chi connectivity index (χ1n) is 13.2. The number of hydrogen-bond acceptors (Lipinski definition) is 10. The number of aromatic nitrogens is 2. The molecule has 3 N–H and O–H groups in total. The van der Waals surface area contributed by atoms with Crippen LogP contribution in [0.1, 0.15) is 49.3 Å². The average molecular weight is 568 g/mol. The monoisotopic (exact) mass is 567 g/mol. The molecule has 3 rings (SSSR count). The molecule has 1 fully saturated rings. The lowest BCUT2D eigenvalue weighted by atomic mass is 10.1. The lowest BCUT2D eigenvalue weighted by Crippen LogP contribution is -2.55. The number of carbonyl (C=O) groups excluding carboxylic acids is 3. The van der Waals surface area contributed by atoms with Gasteiger partial charge in [-0.25, -0.2) is 14.8 Å². The minimum absolute atomic E-state index is 0.0741. The number of benzene rings is 1. The van der Waals surface area contributed by atoms with E-state index in [0.717, 1.165) is 0 Å². The maximum absolute atomic E-state index is 13.4. The number of carboxylic acids is 1. The minimum atomic E-state index is -1.15. The van der Waals surface area contributed by atoms with Gasteiger partial charge >= 0.3 is 12.1 Å². The van der Waals surface area contributed by atoms with Crippen molar-refractivity contribution in [3.05, 3.63) is 47.8 Å². The van der Waals surface area contributed by atoms with Crippen LogP contribution in [-0.2, 0) is 19.2 Å². The molecule has 0 bridgehead atoms. The molecule has 2 atom stereocenters. The second-order valence-electron chi connectivity index (χ2n) is 9.01. The van der Waals surface area contributed by atoms with Crippen LogP contribution in [0.2, 0.25) is 0 Å². The maximum Gasteiger partial charge on any atom is 0.527 e. The normalized spacial score (nSPS) is 14.7. The van der Waals surface area contributed by atoms with Crippen LogP contribution in [0.25, 0.3) is 11.4 Å². The Balaban J connectivity index is 1.80. The number of hydroxylamine groups is 2. The lowest BCUT2D eigenvalue weighted by molar-refractivity contribution is -0.157. The van der Waals surface area contributed by atoms with Crippen molar-refractivity contribution in [3.63, 3.8) is 0 Å². The van der Waals surface area contributed by atoms with Gasteiger partial charge in [0, 0.05) is 31.1 Å². The predicted molar refractivity (Wildman–Crippen MR) is 145 cm³/mol. The van der Waals surface area contributed by atoms with Crippen LogP contribution in [0.15, 0.2) is 36.4 Å². The van der Waals surface area contributed by atoms with Gasteiger partial charge in [0.2, 0.25) is 5.91 Å². The summed E-state index contributed by atoms with van der Waals surface area (Å²) in [6.07, 6.45) is -1.80. The molecule has 13 nitrogen and oxygen atoms in total. The van der Waals surface area contributed by atoms with Gasteiger partial charge in [-0.3, -0.25) is 14.4 Å². The summed E-state index contributed by atoms with van der Waals surface area (Å²) in [5.74, 6) is 3.34. The molecule has 1 aliphatic heterocycles. The predicted octanol–water partition coefficient (Wildman–Crippen LogP) is 1.46. The summed E-state index contributed by atoms with van der Waals surface area (Å²) in [5.41, 5.74) is 0.750. The molecule has 1 saturated heterocycles. The lowest BCUT2D eigenvalue weighted by Gasteiger charge is -2.35. The van der Waals surface area contributed by atoms with Crippen molar-refractivity contribution < 1.29 is 39.0 Å². The maximum atomic E-state index is 13.4. The molecule has 13 heteroatoms. The number of aliphatic hydroxyl groups excluding tert-OH is 1. The van der Waals surface area contributed by atoms with Crippen LogP contribution in [0.4, 0.5) is 4.79 Å². The molecule has 1 aliphatic rings. The van der Waals surface area contributed by atoms with Crippen molar-refractivity contribution in [1.82, 2.24) is 25.2 Å². The molecule has 2 amide bonds. The van der Waals surface area contributed by atoms with E-state index in [1.54, 1.807) is 38.1 Å². The second-order valence-corrected chi connectivity index (χ2v) is 9.01. The highest BCUT2D eigenvalue weighted by Crippen LogP contribution is 2.16. The molecule has 218 valence electrons. The van der Waals surface area contributed by atoms with Crippen LogP contribution < -0.4 is 5.32 Å². The van der Waals surface area contributed by atoms with E-state index in [4.69, 9.17) is 9.57 Å². The van der Waals surface area contributed by atoms with E-state index in [-0.39, 0.29) is 62.8 Å². The number of carbonyl (C=O) groups is 4. The standard InChI is InChI=1S/C28H33N5O8/c1-3-21(34)11-10-20-18-23(30-25(29-20)19-8-6-5-7-9-19)26(37)31-22(12-13-24(35)36)27(38)32-14-16-33(17-15-32)41-28(39)40-4-2/h5-9,18,21-22,34H,3-4,12-17H2,1-2H3,(H,31,37)(H,35,36)/t21-,22?/m0/s1. The zero-order valence-electron chi connectivity index (χ0n) is 22.9. The smallest absolute Gasteiger partial charge is 0.481 e. The molecule has 1 aromatic heterocycles. The van der Waals surface area contributed by atoms with Gasteiger partial charge in [-0.1, -0.05) is 43.2 Å². The number of nitrogens with zero attached hydrogens (tertiary/aromatic N) is 4. The third-order valence-electron chi connectivity index (χ3n) is 6.01. The van der Waals surface area contributed by atoms with Gasteiger partial charge in [-0.2, -0.15) is 0 Å². The van der Waals surface area contributed by atoms with E-state index >= 15 is 0 Å². The van der Waals surface area contributed by atoms with Gasteiger partial charge in [0.15, 0.2) is 5.82 Å². The molecule has 1 aromatic carbocycles. The van der Waals surface area contributed by atoms with E-state index in [0.29, 0.717) is 12.0 Å². The van der Waals surface area contributed by atoms with Gasteiger partial charge < -0.3 is 30.0 Å². The zero-order valence-corrected chi connectivity index (χ0v) is 22.9. The molecular formula is C28H33N5O8. The Bertz CT molecular complexity index is 1290. The van der Waals surface area contributed by atoms with Crippen molar-refractivity contribution in [3.8, 4) is 23.2 Å². The van der Waals surface area contributed by atoms with E-state index in [2.05, 4.69) is 27.1 Å². The van der Waals surface area contributed by atoms with Crippen molar-refractivity contribution >= 4 is 23.9 Å². The summed E-state index contributed by atoms with van der Waals surface area (Å²) in [6.45, 7) is 4.37.